The summed E-state index contributed by atoms with van der Waals surface area (Å²) >= 11 is 8.66. The Hall–Kier alpha value is -1.73. The molecule has 0 aliphatic heterocycles. The lowest BCUT2D eigenvalue weighted by molar-refractivity contribution is -0.385. The highest BCUT2D eigenvalue weighted by Gasteiger charge is 2.21. The number of nitro groups is 1. The van der Waals surface area contributed by atoms with Crippen LogP contribution in [0.3, 0.4) is 0 Å². The standard InChI is InChI=1S/C12H5BrClF2NO3/c13-6-1-2-8(15)11(3-6)20-12-4-7(14)9(16)5-10(12)17(18)19/h1-5H. The van der Waals surface area contributed by atoms with E-state index in [9.17, 15) is 18.9 Å². The van der Waals surface area contributed by atoms with Crippen LogP contribution in [0, 0.1) is 21.7 Å². The molecule has 2 rings (SSSR count). The van der Waals surface area contributed by atoms with Crippen molar-refractivity contribution < 1.29 is 18.4 Å². The first-order valence-corrected chi connectivity index (χ1v) is 6.32. The van der Waals surface area contributed by atoms with Crippen molar-refractivity contribution in [2.45, 2.75) is 0 Å². The third-order valence-corrected chi connectivity index (χ3v) is 3.09. The molecule has 4 nitrogen and oxygen atoms in total. The molecule has 2 aromatic carbocycles. The molecule has 0 aromatic heterocycles. The lowest BCUT2D eigenvalue weighted by Crippen LogP contribution is -1.96. The molecular formula is C12H5BrClF2NO3. The Labute approximate surface area is 125 Å². The molecular weight excluding hydrogens is 359 g/mol. The van der Waals surface area contributed by atoms with Gasteiger partial charge in [0.2, 0.25) is 5.75 Å². The molecule has 0 aliphatic carbocycles. The predicted octanol–water partition coefficient (Wildman–Crippen LogP) is 5.08. The van der Waals surface area contributed by atoms with Crippen LogP contribution >= 0.6 is 27.5 Å². The third kappa shape index (κ3) is 3.05. The van der Waals surface area contributed by atoms with Gasteiger partial charge in [-0.3, -0.25) is 10.1 Å². The Morgan fingerprint density at radius 2 is 1.85 bits per heavy atom. The molecule has 0 saturated heterocycles. The molecule has 0 saturated carbocycles. The van der Waals surface area contributed by atoms with Crippen molar-refractivity contribution in [3.05, 3.63) is 61.6 Å². The Bertz CT molecular complexity index is 697. The number of benzene rings is 2. The summed E-state index contributed by atoms with van der Waals surface area (Å²) in [5, 5.41) is 10.5. The quantitative estimate of drug-likeness (QED) is 0.563. The molecule has 20 heavy (non-hydrogen) atoms. The highest BCUT2D eigenvalue weighted by atomic mass is 79.9. The summed E-state index contributed by atoms with van der Waals surface area (Å²) in [6.45, 7) is 0. The van der Waals surface area contributed by atoms with Gasteiger partial charge in [-0.15, -0.1) is 0 Å². The van der Waals surface area contributed by atoms with Crippen molar-refractivity contribution in [1.29, 1.82) is 0 Å². The van der Waals surface area contributed by atoms with Crippen LogP contribution in [0.15, 0.2) is 34.8 Å². The van der Waals surface area contributed by atoms with E-state index >= 15 is 0 Å². The van der Waals surface area contributed by atoms with Crippen molar-refractivity contribution >= 4 is 33.2 Å². The summed E-state index contributed by atoms with van der Waals surface area (Å²) in [6.07, 6.45) is 0. The minimum atomic E-state index is -0.958. The fraction of sp³-hybridized carbons (Fsp3) is 0. The smallest absolute Gasteiger partial charge is 0.314 e. The number of hydrogen-bond acceptors (Lipinski definition) is 3. The van der Waals surface area contributed by atoms with Crippen LogP contribution in [-0.4, -0.2) is 4.92 Å². The van der Waals surface area contributed by atoms with Crippen LogP contribution < -0.4 is 4.74 Å². The first kappa shape index (κ1) is 14.7. The van der Waals surface area contributed by atoms with E-state index in [2.05, 4.69) is 15.9 Å². The van der Waals surface area contributed by atoms with Crippen molar-refractivity contribution in [1.82, 2.24) is 0 Å². The number of ether oxygens (including phenoxy) is 1. The van der Waals surface area contributed by atoms with Gasteiger partial charge in [-0.2, -0.15) is 0 Å². The van der Waals surface area contributed by atoms with Gasteiger partial charge in [-0.05, 0) is 18.2 Å². The zero-order valence-corrected chi connectivity index (χ0v) is 11.9. The molecule has 0 unspecified atom stereocenters. The van der Waals surface area contributed by atoms with E-state index < -0.39 is 22.2 Å². The van der Waals surface area contributed by atoms with Crippen molar-refractivity contribution in [2.75, 3.05) is 0 Å². The largest absolute Gasteiger partial charge is 0.447 e. The van der Waals surface area contributed by atoms with Gasteiger partial charge in [0, 0.05) is 10.5 Å². The zero-order chi connectivity index (χ0) is 14.9. The first-order valence-electron chi connectivity index (χ1n) is 5.15. The average Bonchev–Trinajstić information content (AvgIpc) is 2.37. The van der Waals surface area contributed by atoms with Gasteiger partial charge in [0.1, 0.15) is 5.82 Å². The molecule has 0 radical (unpaired) electrons. The fourth-order valence-electron chi connectivity index (χ4n) is 1.42. The Balaban J connectivity index is 2.50. The summed E-state index contributed by atoms with van der Waals surface area (Å²) in [5.41, 5.74) is -0.647. The van der Waals surface area contributed by atoms with Gasteiger partial charge in [-0.25, -0.2) is 8.78 Å². The molecule has 0 heterocycles. The maximum atomic E-state index is 13.5. The maximum absolute atomic E-state index is 13.5. The van der Waals surface area contributed by atoms with Gasteiger partial charge in [0.25, 0.3) is 0 Å². The second kappa shape index (κ2) is 5.72. The van der Waals surface area contributed by atoms with Crippen molar-refractivity contribution in [2.24, 2.45) is 0 Å². The highest BCUT2D eigenvalue weighted by molar-refractivity contribution is 9.10. The van der Waals surface area contributed by atoms with Gasteiger partial charge < -0.3 is 4.74 Å². The second-order valence-electron chi connectivity index (χ2n) is 3.67. The number of nitrogens with zero attached hydrogens (tertiary/aromatic N) is 1. The lowest BCUT2D eigenvalue weighted by Gasteiger charge is -2.08. The van der Waals surface area contributed by atoms with E-state index in [0.717, 1.165) is 12.1 Å². The molecule has 0 spiro atoms. The third-order valence-electron chi connectivity index (χ3n) is 2.31. The Kier molecular flexibility index (Phi) is 4.20. The Morgan fingerprint density at radius 1 is 1.15 bits per heavy atom. The molecule has 0 bridgehead atoms. The van der Waals surface area contributed by atoms with Gasteiger partial charge >= 0.3 is 5.69 Å². The first-order chi connectivity index (χ1) is 9.38. The average molecular weight is 365 g/mol. The van der Waals surface area contributed by atoms with Crippen LogP contribution in [-0.2, 0) is 0 Å². The number of nitro benzene ring substituents is 1. The van der Waals surface area contributed by atoms with E-state index in [-0.39, 0.29) is 16.5 Å². The number of rotatable bonds is 3. The van der Waals surface area contributed by atoms with Crippen molar-refractivity contribution in [3.8, 4) is 11.5 Å². The molecule has 0 N–H and O–H groups in total. The van der Waals surface area contributed by atoms with E-state index in [4.69, 9.17) is 16.3 Å². The monoisotopic (exact) mass is 363 g/mol. The highest BCUT2D eigenvalue weighted by Crippen LogP contribution is 2.36. The summed E-state index contributed by atoms with van der Waals surface area (Å²) < 4.78 is 32.4. The van der Waals surface area contributed by atoms with Crippen LogP contribution in [0.2, 0.25) is 5.02 Å². The molecule has 0 fully saturated rings. The fourth-order valence-corrected chi connectivity index (χ4v) is 1.91. The van der Waals surface area contributed by atoms with E-state index in [0.29, 0.717) is 10.5 Å². The summed E-state index contributed by atoms with van der Waals surface area (Å²) in [5.74, 6) is -2.27. The van der Waals surface area contributed by atoms with E-state index in [1.807, 2.05) is 0 Å². The zero-order valence-electron chi connectivity index (χ0n) is 9.57. The van der Waals surface area contributed by atoms with E-state index in [1.165, 1.54) is 12.1 Å². The van der Waals surface area contributed by atoms with E-state index in [1.54, 1.807) is 0 Å². The molecule has 104 valence electrons. The molecule has 0 amide bonds. The van der Waals surface area contributed by atoms with Crippen LogP contribution in [0.25, 0.3) is 0 Å². The minimum absolute atomic E-state index is 0.245. The van der Waals surface area contributed by atoms with Crippen LogP contribution in [0.4, 0.5) is 14.5 Å². The topological polar surface area (TPSA) is 52.4 Å². The lowest BCUT2D eigenvalue weighted by atomic mass is 10.2. The second-order valence-corrected chi connectivity index (χ2v) is 4.99. The van der Waals surface area contributed by atoms with Crippen molar-refractivity contribution in [3.63, 3.8) is 0 Å². The summed E-state index contributed by atoms with van der Waals surface area (Å²) in [6, 6.07) is 5.39. The molecule has 8 heteroatoms. The summed E-state index contributed by atoms with van der Waals surface area (Å²) in [7, 11) is 0. The molecule has 0 aliphatic rings. The predicted molar refractivity (Wildman–Crippen MR) is 72.2 cm³/mol. The normalized spacial score (nSPS) is 10.4. The van der Waals surface area contributed by atoms with Gasteiger partial charge in [0.15, 0.2) is 11.6 Å². The minimum Gasteiger partial charge on any atom is -0.447 e. The Morgan fingerprint density at radius 3 is 2.50 bits per heavy atom. The summed E-state index contributed by atoms with van der Waals surface area (Å²) in [4.78, 5) is 10.00. The van der Waals surface area contributed by atoms with Crippen LogP contribution in [0.5, 0.6) is 11.5 Å². The van der Waals surface area contributed by atoms with Gasteiger partial charge in [0.05, 0.1) is 16.0 Å². The SMILES string of the molecule is O=[N+]([O-])c1cc(F)c(Cl)cc1Oc1cc(Br)ccc1F. The maximum Gasteiger partial charge on any atom is 0.314 e. The molecule has 2 aromatic rings. The number of hydrogen-bond donors (Lipinski definition) is 0. The van der Waals surface area contributed by atoms with Crippen LogP contribution in [0.1, 0.15) is 0 Å². The van der Waals surface area contributed by atoms with Gasteiger partial charge in [-0.1, -0.05) is 27.5 Å². The number of halogens is 4. The molecule has 0 atom stereocenters.